The molecule has 4 heteroatoms. The van der Waals surface area contributed by atoms with Crippen molar-refractivity contribution in [2.75, 3.05) is 19.0 Å². The third-order valence-corrected chi connectivity index (χ3v) is 2.47. The highest BCUT2D eigenvalue weighted by molar-refractivity contribution is 5.74. The van der Waals surface area contributed by atoms with E-state index in [1.54, 1.807) is 0 Å². The van der Waals surface area contributed by atoms with Crippen molar-refractivity contribution in [1.29, 1.82) is 0 Å². The number of carbonyl (C=O) groups is 1. The number of aliphatic carboxylic acids is 1. The van der Waals surface area contributed by atoms with Gasteiger partial charge >= 0.3 is 5.97 Å². The first-order valence-corrected chi connectivity index (χ1v) is 5.17. The van der Waals surface area contributed by atoms with E-state index in [0.717, 1.165) is 16.8 Å². The van der Waals surface area contributed by atoms with Crippen molar-refractivity contribution >= 4 is 11.7 Å². The molecule has 0 spiro atoms. The lowest BCUT2D eigenvalue weighted by Crippen LogP contribution is -2.32. The molecule has 0 aliphatic heterocycles. The lowest BCUT2D eigenvalue weighted by atomic mass is 10.0. The topological polar surface area (TPSA) is 66.6 Å². The number of hydrogen-bond acceptors (Lipinski definition) is 3. The summed E-state index contributed by atoms with van der Waals surface area (Å²) >= 11 is 0. The maximum Gasteiger partial charge on any atom is 0.320 e. The predicted molar refractivity (Wildman–Crippen MR) is 64.8 cm³/mol. The summed E-state index contributed by atoms with van der Waals surface area (Å²) in [5.41, 5.74) is 8.65. The van der Waals surface area contributed by atoms with Crippen LogP contribution in [-0.2, 0) is 11.2 Å². The van der Waals surface area contributed by atoms with Crippen molar-refractivity contribution in [1.82, 2.24) is 0 Å². The zero-order valence-corrected chi connectivity index (χ0v) is 9.90. The molecule has 16 heavy (non-hydrogen) atoms. The van der Waals surface area contributed by atoms with Gasteiger partial charge < -0.3 is 15.7 Å². The molecule has 88 valence electrons. The second-order valence-electron chi connectivity index (χ2n) is 4.18. The van der Waals surface area contributed by atoms with E-state index >= 15 is 0 Å². The number of carboxylic acids is 1. The SMILES string of the molecule is Cc1ccc(N(C)C)c(CC(N)C(=O)O)c1. The van der Waals surface area contributed by atoms with Crippen LogP contribution in [0.2, 0.25) is 0 Å². The van der Waals surface area contributed by atoms with E-state index in [9.17, 15) is 4.79 Å². The van der Waals surface area contributed by atoms with Crippen LogP contribution in [-0.4, -0.2) is 31.2 Å². The van der Waals surface area contributed by atoms with Gasteiger partial charge in [-0.25, -0.2) is 0 Å². The number of anilines is 1. The fourth-order valence-electron chi connectivity index (χ4n) is 1.64. The zero-order chi connectivity index (χ0) is 12.3. The number of hydrogen-bond donors (Lipinski definition) is 2. The van der Waals surface area contributed by atoms with E-state index in [-0.39, 0.29) is 0 Å². The van der Waals surface area contributed by atoms with Gasteiger partial charge in [0.1, 0.15) is 6.04 Å². The number of nitrogens with zero attached hydrogens (tertiary/aromatic N) is 1. The second-order valence-corrected chi connectivity index (χ2v) is 4.18. The summed E-state index contributed by atoms with van der Waals surface area (Å²) in [7, 11) is 3.86. The Bertz CT molecular complexity index is 389. The van der Waals surface area contributed by atoms with Gasteiger partial charge in [-0.1, -0.05) is 17.7 Å². The van der Waals surface area contributed by atoms with Crippen LogP contribution in [0.25, 0.3) is 0 Å². The monoisotopic (exact) mass is 222 g/mol. The standard InChI is InChI=1S/C12H18N2O2/c1-8-4-5-11(14(2)3)9(6-8)7-10(13)12(15)16/h4-6,10H,7,13H2,1-3H3,(H,15,16). The van der Waals surface area contributed by atoms with Gasteiger partial charge in [0, 0.05) is 26.2 Å². The molecule has 1 aromatic rings. The van der Waals surface area contributed by atoms with Crippen LogP contribution in [0.3, 0.4) is 0 Å². The van der Waals surface area contributed by atoms with E-state index in [1.807, 2.05) is 44.1 Å². The Balaban J connectivity index is 3.01. The Morgan fingerprint density at radius 1 is 1.50 bits per heavy atom. The van der Waals surface area contributed by atoms with Gasteiger partial charge in [0.05, 0.1) is 0 Å². The molecule has 0 heterocycles. The Morgan fingerprint density at radius 2 is 2.12 bits per heavy atom. The van der Waals surface area contributed by atoms with Crippen LogP contribution in [0, 0.1) is 6.92 Å². The van der Waals surface area contributed by atoms with Gasteiger partial charge in [-0.05, 0) is 18.6 Å². The van der Waals surface area contributed by atoms with Gasteiger partial charge in [-0.2, -0.15) is 0 Å². The molecule has 0 saturated heterocycles. The molecule has 0 saturated carbocycles. The highest BCUT2D eigenvalue weighted by atomic mass is 16.4. The highest BCUT2D eigenvalue weighted by Gasteiger charge is 2.15. The van der Waals surface area contributed by atoms with Crippen LogP contribution in [0.4, 0.5) is 5.69 Å². The lowest BCUT2D eigenvalue weighted by molar-refractivity contribution is -0.138. The number of nitrogens with two attached hydrogens (primary N) is 1. The first-order chi connectivity index (χ1) is 7.41. The van der Waals surface area contributed by atoms with Gasteiger partial charge in [0.25, 0.3) is 0 Å². The quantitative estimate of drug-likeness (QED) is 0.798. The molecule has 0 fully saturated rings. The maximum atomic E-state index is 10.7. The van der Waals surface area contributed by atoms with Gasteiger partial charge in [0.15, 0.2) is 0 Å². The minimum atomic E-state index is -0.966. The number of aryl methyl sites for hydroxylation is 1. The summed E-state index contributed by atoms with van der Waals surface area (Å²) in [5.74, 6) is -0.966. The minimum Gasteiger partial charge on any atom is -0.480 e. The van der Waals surface area contributed by atoms with Crippen molar-refractivity contribution in [2.45, 2.75) is 19.4 Å². The molecule has 1 unspecified atom stereocenters. The summed E-state index contributed by atoms with van der Waals surface area (Å²) in [6, 6.07) is 5.13. The van der Waals surface area contributed by atoms with Crippen LogP contribution >= 0.6 is 0 Å². The maximum absolute atomic E-state index is 10.7. The van der Waals surface area contributed by atoms with Crippen molar-refractivity contribution in [3.05, 3.63) is 29.3 Å². The van der Waals surface area contributed by atoms with Crippen LogP contribution in [0.1, 0.15) is 11.1 Å². The van der Waals surface area contributed by atoms with Crippen LogP contribution in [0.5, 0.6) is 0 Å². The molecule has 0 radical (unpaired) electrons. The minimum absolute atomic E-state index is 0.352. The van der Waals surface area contributed by atoms with Crippen LogP contribution in [0.15, 0.2) is 18.2 Å². The van der Waals surface area contributed by atoms with Gasteiger partial charge in [-0.3, -0.25) is 4.79 Å². The molecule has 1 aromatic carbocycles. The number of carboxylic acid groups (broad SMARTS) is 1. The molecule has 1 rings (SSSR count). The van der Waals surface area contributed by atoms with Crippen molar-refractivity contribution < 1.29 is 9.90 Å². The van der Waals surface area contributed by atoms with E-state index in [4.69, 9.17) is 10.8 Å². The average Bonchev–Trinajstić information content (AvgIpc) is 2.16. The molecule has 0 aromatic heterocycles. The third kappa shape index (κ3) is 2.97. The fourth-order valence-corrected chi connectivity index (χ4v) is 1.64. The van der Waals surface area contributed by atoms with E-state index in [2.05, 4.69) is 0 Å². The van der Waals surface area contributed by atoms with E-state index in [0.29, 0.717) is 6.42 Å². The Kier molecular flexibility index (Phi) is 3.90. The first-order valence-electron chi connectivity index (χ1n) is 5.17. The molecule has 0 amide bonds. The smallest absolute Gasteiger partial charge is 0.320 e. The molecule has 1 atom stereocenters. The van der Waals surface area contributed by atoms with Gasteiger partial charge in [0.2, 0.25) is 0 Å². The molecule has 0 aliphatic carbocycles. The average molecular weight is 222 g/mol. The highest BCUT2D eigenvalue weighted by Crippen LogP contribution is 2.21. The Hall–Kier alpha value is -1.55. The molecular formula is C12H18N2O2. The second kappa shape index (κ2) is 4.99. The van der Waals surface area contributed by atoms with Crippen molar-refractivity contribution in [3.63, 3.8) is 0 Å². The summed E-state index contributed by atoms with van der Waals surface area (Å²) in [6.07, 6.45) is 0.352. The largest absolute Gasteiger partial charge is 0.480 e. The van der Waals surface area contributed by atoms with E-state index < -0.39 is 12.0 Å². The molecule has 0 bridgehead atoms. The number of benzene rings is 1. The molecular weight excluding hydrogens is 204 g/mol. The third-order valence-electron chi connectivity index (χ3n) is 2.47. The molecule has 3 N–H and O–H groups in total. The summed E-state index contributed by atoms with van der Waals surface area (Å²) < 4.78 is 0. The zero-order valence-electron chi connectivity index (χ0n) is 9.90. The molecule has 0 aliphatic rings. The lowest BCUT2D eigenvalue weighted by Gasteiger charge is -2.19. The Labute approximate surface area is 95.7 Å². The van der Waals surface area contributed by atoms with Crippen molar-refractivity contribution in [3.8, 4) is 0 Å². The summed E-state index contributed by atoms with van der Waals surface area (Å²) in [6.45, 7) is 1.98. The number of rotatable bonds is 4. The van der Waals surface area contributed by atoms with E-state index in [1.165, 1.54) is 0 Å². The Morgan fingerprint density at radius 3 is 2.62 bits per heavy atom. The van der Waals surface area contributed by atoms with Gasteiger partial charge in [-0.15, -0.1) is 0 Å². The summed E-state index contributed by atoms with van der Waals surface area (Å²) in [5, 5.41) is 8.80. The van der Waals surface area contributed by atoms with Crippen molar-refractivity contribution in [2.24, 2.45) is 5.73 Å². The normalized spacial score (nSPS) is 12.2. The predicted octanol–water partition coefficient (Wildman–Crippen LogP) is 1.02. The summed E-state index contributed by atoms with van der Waals surface area (Å²) in [4.78, 5) is 12.7. The fraction of sp³-hybridized carbons (Fsp3) is 0.417. The first kappa shape index (κ1) is 12.5. The van der Waals surface area contributed by atoms with Crippen LogP contribution < -0.4 is 10.6 Å². The molecule has 4 nitrogen and oxygen atoms in total.